The van der Waals surface area contributed by atoms with Crippen molar-refractivity contribution in [2.75, 3.05) is 19.6 Å². The monoisotopic (exact) mass is 181 g/mol. The highest BCUT2D eigenvalue weighted by Gasteiger charge is 2.31. The first-order valence-corrected chi connectivity index (χ1v) is 5.80. The van der Waals surface area contributed by atoms with Gasteiger partial charge in [0.2, 0.25) is 0 Å². The van der Waals surface area contributed by atoms with Gasteiger partial charge in [0.15, 0.2) is 0 Å². The average Bonchev–Trinajstić information content (AvgIpc) is 2.14. The second-order valence-corrected chi connectivity index (χ2v) is 4.54. The minimum atomic E-state index is 0.488. The van der Waals surface area contributed by atoms with Crippen LogP contribution in [-0.4, -0.2) is 25.2 Å². The van der Waals surface area contributed by atoms with E-state index in [0.717, 1.165) is 13.1 Å². The normalized spacial score (nSPS) is 29.5. The Balaban J connectivity index is 1.91. The highest BCUT2D eigenvalue weighted by atomic mass is 15.0. The van der Waals surface area contributed by atoms with Crippen molar-refractivity contribution >= 4 is 0 Å². The van der Waals surface area contributed by atoms with E-state index in [9.17, 15) is 0 Å². The Morgan fingerprint density at radius 2 is 1.62 bits per heavy atom. The molecule has 0 amide bonds. The van der Waals surface area contributed by atoms with Crippen LogP contribution in [0.3, 0.4) is 0 Å². The maximum absolute atomic E-state index is 4.44. The summed E-state index contributed by atoms with van der Waals surface area (Å²) < 4.78 is 0. The molecule has 0 aromatic heterocycles. The van der Waals surface area contributed by atoms with Gasteiger partial charge in [-0.05, 0) is 32.2 Å². The quantitative estimate of drug-likeness (QED) is 0.604. The van der Waals surface area contributed by atoms with Gasteiger partial charge in [-0.1, -0.05) is 19.3 Å². The molecule has 2 saturated heterocycles. The van der Waals surface area contributed by atoms with E-state index in [4.69, 9.17) is 0 Å². The van der Waals surface area contributed by atoms with E-state index in [1.54, 1.807) is 0 Å². The van der Waals surface area contributed by atoms with Crippen molar-refractivity contribution in [3.05, 3.63) is 0 Å². The topological polar surface area (TPSA) is 26.1 Å². The van der Waals surface area contributed by atoms with Crippen molar-refractivity contribution in [1.29, 1.82) is 0 Å². The summed E-state index contributed by atoms with van der Waals surface area (Å²) >= 11 is 0. The number of rotatable bonds is 0. The van der Waals surface area contributed by atoms with Crippen molar-refractivity contribution in [2.24, 2.45) is 0 Å². The molecule has 0 saturated carbocycles. The molecule has 2 heteroatoms. The van der Waals surface area contributed by atoms with Crippen LogP contribution < -0.4 is 10.6 Å². The van der Waals surface area contributed by atoms with Crippen molar-refractivity contribution in [3.8, 4) is 0 Å². The van der Waals surface area contributed by atoms with Crippen molar-refractivity contribution < 1.29 is 0 Å². The van der Waals surface area contributed by atoms with Crippen LogP contribution in [-0.2, 0) is 0 Å². The van der Waals surface area contributed by atoms with Gasteiger partial charge in [0.05, 0.1) is 0 Å². The van der Waals surface area contributed by atoms with Crippen LogP contribution in [0.4, 0.5) is 0 Å². The molecule has 2 rings (SSSR count). The molecular weight excluding hydrogens is 160 g/mol. The fourth-order valence-electron chi connectivity index (χ4n) is 2.63. The van der Waals surface area contributed by atoms with Crippen molar-refractivity contribution in [3.63, 3.8) is 0 Å². The molecule has 0 atom stereocenters. The fraction of sp³-hybridized carbons (Fsp3) is 1.00. The molecule has 0 aromatic rings. The van der Waals surface area contributed by atoms with Crippen LogP contribution in [0.1, 0.15) is 44.9 Å². The van der Waals surface area contributed by atoms with Crippen LogP contribution in [0.15, 0.2) is 0 Å². The average molecular weight is 181 g/mol. The van der Waals surface area contributed by atoms with E-state index >= 15 is 0 Å². The molecule has 0 aliphatic carbocycles. The van der Waals surface area contributed by atoms with Crippen LogP contribution in [0.2, 0.25) is 0 Å². The Hall–Kier alpha value is -0.0800. The summed E-state index contributed by atoms with van der Waals surface area (Å²) in [6.07, 6.45) is 9.63. The van der Waals surface area contributed by atoms with Gasteiger partial charge >= 0.3 is 0 Å². The first-order chi connectivity index (χ1) is 6.41. The molecule has 2 nitrogen and oxygen atoms in total. The predicted molar refractivity (Wildman–Crippen MR) is 54.9 cm³/mol. The maximum atomic E-state index is 4.44. The lowest BCUT2D eigenvalue weighted by Crippen LogP contribution is -2.51. The van der Waals surface area contributed by atoms with E-state index < -0.39 is 0 Å². The molecule has 2 aliphatic heterocycles. The lowest BCUT2D eigenvalue weighted by Gasteiger charge is -2.39. The zero-order valence-corrected chi connectivity index (χ0v) is 8.52. The van der Waals surface area contributed by atoms with Crippen LogP contribution in [0.5, 0.6) is 0 Å². The van der Waals surface area contributed by atoms with E-state index in [1.165, 1.54) is 51.5 Å². The molecule has 2 aliphatic rings. The zero-order chi connectivity index (χ0) is 8.99. The summed E-state index contributed by atoms with van der Waals surface area (Å²) in [6, 6.07) is 0. The first kappa shape index (κ1) is 9.47. The number of nitrogens with one attached hydrogen (secondary N) is 1. The van der Waals surface area contributed by atoms with E-state index in [1.807, 2.05) is 0 Å². The van der Waals surface area contributed by atoms with Gasteiger partial charge in [0.1, 0.15) is 0 Å². The smallest absolute Gasteiger partial charge is 0.0206 e. The number of nitrogens with zero attached hydrogens (tertiary/aromatic N) is 1. The highest BCUT2D eigenvalue weighted by molar-refractivity contribution is 4.92. The Morgan fingerprint density at radius 1 is 0.846 bits per heavy atom. The molecule has 75 valence electrons. The molecule has 1 spiro atoms. The van der Waals surface area contributed by atoms with Gasteiger partial charge in [0, 0.05) is 18.6 Å². The fourth-order valence-corrected chi connectivity index (χ4v) is 2.63. The van der Waals surface area contributed by atoms with Crippen LogP contribution >= 0.6 is 0 Å². The van der Waals surface area contributed by atoms with Gasteiger partial charge in [-0.3, -0.25) is 0 Å². The van der Waals surface area contributed by atoms with E-state index in [-0.39, 0.29) is 0 Å². The molecule has 13 heavy (non-hydrogen) atoms. The van der Waals surface area contributed by atoms with Gasteiger partial charge in [0.25, 0.3) is 0 Å². The SMILES string of the molecule is C1CCCC2(CC[N]CC2)NCC1. The van der Waals surface area contributed by atoms with Crippen molar-refractivity contribution in [2.45, 2.75) is 50.5 Å². The van der Waals surface area contributed by atoms with Gasteiger partial charge in [-0.25, -0.2) is 5.32 Å². The molecule has 2 heterocycles. The Labute approximate surface area is 81.5 Å². The second-order valence-electron chi connectivity index (χ2n) is 4.54. The standard InChI is InChI=1S/C11H21N2/c1-2-4-8-13-11(5-3-1)6-9-12-10-7-11/h13H,1-10H2. The number of hydrogen-bond donors (Lipinski definition) is 1. The highest BCUT2D eigenvalue weighted by Crippen LogP contribution is 2.27. The summed E-state index contributed by atoms with van der Waals surface area (Å²) in [5, 5.41) is 8.22. The largest absolute Gasteiger partial charge is 0.311 e. The van der Waals surface area contributed by atoms with Gasteiger partial charge in [-0.2, -0.15) is 0 Å². The number of hydrogen-bond acceptors (Lipinski definition) is 1. The third-order valence-electron chi connectivity index (χ3n) is 3.58. The third-order valence-corrected chi connectivity index (χ3v) is 3.58. The Kier molecular flexibility index (Phi) is 3.23. The summed E-state index contributed by atoms with van der Waals surface area (Å²) in [5.41, 5.74) is 0.488. The first-order valence-electron chi connectivity index (χ1n) is 5.80. The summed E-state index contributed by atoms with van der Waals surface area (Å²) in [6.45, 7) is 3.42. The van der Waals surface area contributed by atoms with Crippen molar-refractivity contribution in [1.82, 2.24) is 10.6 Å². The summed E-state index contributed by atoms with van der Waals surface area (Å²) in [4.78, 5) is 0. The Bertz CT molecular complexity index is 140. The van der Waals surface area contributed by atoms with Crippen LogP contribution in [0, 0.1) is 0 Å². The van der Waals surface area contributed by atoms with Gasteiger partial charge < -0.3 is 5.32 Å². The summed E-state index contributed by atoms with van der Waals surface area (Å²) in [7, 11) is 0. The molecular formula is C11H21N2. The molecule has 0 bridgehead atoms. The zero-order valence-electron chi connectivity index (χ0n) is 8.52. The van der Waals surface area contributed by atoms with Gasteiger partial charge in [-0.15, -0.1) is 0 Å². The van der Waals surface area contributed by atoms with E-state index in [2.05, 4.69) is 10.6 Å². The van der Waals surface area contributed by atoms with Crippen LogP contribution in [0.25, 0.3) is 0 Å². The molecule has 2 fully saturated rings. The molecule has 0 unspecified atom stereocenters. The Morgan fingerprint density at radius 3 is 2.46 bits per heavy atom. The van der Waals surface area contributed by atoms with E-state index in [0.29, 0.717) is 5.54 Å². The molecule has 0 aromatic carbocycles. The second kappa shape index (κ2) is 4.43. The maximum Gasteiger partial charge on any atom is 0.0206 e. The minimum absolute atomic E-state index is 0.488. The lowest BCUT2D eigenvalue weighted by molar-refractivity contribution is 0.208. The molecule has 1 radical (unpaired) electrons. The lowest BCUT2D eigenvalue weighted by atomic mass is 9.82. The number of piperidine rings is 1. The predicted octanol–water partition coefficient (Wildman–Crippen LogP) is 1.68. The third kappa shape index (κ3) is 2.44. The summed E-state index contributed by atoms with van der Waals surface area (Å²) in [5.74, 6) is 0. The molecule has 1 N–H and O–H groups in total. The minimum Gasteiger partial charge on any atom is -0.311 e.